The Balaban J connectivity index is 2.32. The summed E-state index contributed by atoms with van der Waals surface area (Å²) in [5.41, 5.74) is 7.07. The topological polar surface area (TPSA) is 64.3 Å². The van der Waals surface area contributed by atoms with E-state index in [1.165, 1.54) is 38.5 Å². The molecule has 124 valence electrons. The van der Waals surface area contributed by atoms with Crippen molar-refractivity contribution in [3.8, 4) is 5.75 Å². The highest BCUT2D eigenvalue weighted by Crippen LogP contribution is 2.23. The summed E-state index contributed by atoms with van der Waals surface area (Å²) in [7, 11) is 0. The first kappa shape index (κ1) is 18.3. The molecular formula is C18H30N2O2. The highest BCUT2D eigenvalue weighted by atomic mass is 16.5. The summed E-state index contributed by atoms with van der Waals surface area (Å²) >= 11 is 0. The van der Waals surface area contributed by atoms with Crippen LogP contribution in [0.2, 0.25) is 0 Å². The minimum absolute atomic E-state index is 0.0942. The van der Waals surface area contributed by atoms with Gasteiger partial charge in [-0.2, -0.15) is 0 Å². The molecule has 1 amide bonds. The molecule has 4 heteroatoms. The van der Waals surface area contributed by atoms with Crippen LogP contribution in [0.5, 0.6) is 5.75 Å². The van der Waals surface area contributed by atoms with Crippen molar-refractivity contribution in [2.24, 2.45) is 0 Å². The molecule has 0 fully saturated rings. The third-order valence-electron chi connectivity index (χ3n) is 3.62. The Morgan fingerprint density at radius 2 is 1.77 bits per heavy atom. The van der Waals surface area contributed by atoms with E-state index in [0.29, 0.717) is 30.2 Å². The molecule has 0 bridgehead atoms. The number of nitrogen functional groups attached to an aromatic ring is 1. The number of hydrogen-bond acceptors (Lipinski definition) is 3. The summed E-state index contributed by atoms with van der Waals surface area (Å²) in [6.45, 7) is 5.38. The van der Waals surface area contributed by atoms with E-state index in [9.17, 15) is 4.79 Å². The van der Waals surface area contributed by atoms with Gasteiger partial charge in [0.2, 0.25) is 0 Å². The number of benzene rings is 1. The number of nitrogens with one attached hydrogen (secondary N) is 1. The molecule has 0 radical (unpaired) electrons. The predicted octanol–water partition coefficient (Wildman–Crippen LogP) is 4.15. The van der Waals surface area contributed by atoms with Gasteiger partial charge in [0.25, 0.3) is 5.91 Å². The van der Waals surface area contributed by atoms with Crippen LogP contribution in [0.25, 0.3) is 0 Å². The summed E-state index contributed by atoms with van der Waals surface area (Å²) in [6.07, 6.45) is 8.72. The number of amides is 1. The Bertz CT molecular complexity index is 447. The normalized spacial score (nSPS) is 10.5. The second kappa shape index (κ2) is 10.9. The van der Waals surface area contributed by atoms with Gasteiger partial charge < -0.3 is 15.8 Å². The highest BCUT2D eigenvalue weighted by molar-refractivity contribution is 5.95. The summed E-state index contributed by atoms with van der Waals surface area (Å²) in [5.74, 6) is 0.512. The van der Waals surface area contributed by atoms with Gasteiger partial charge in [0.05, 0.1) is 12.3 Å². The van der Waals surface area contributed by atoms with Crippen molar-refractivity contribution < 1.29 is 9.53 Å². The summed E-state index contributed by atoms with van der Waals surface area (Å²) in [5, 5.41) is 2.77. The number of carbonyl (C=O) groups is 1. The van der Waals surface area contributed by atoms with Gasteiger partial charge in [-0.3, -0.25) is 4.79 Å². The number of unbranched alkanes of at least 4 members (excludes halogenated alkanes) is 6. The van der Waals surface area contributed by atoms with Crippen LogP contribution < -0.4 is 15.8 Å². The maximum Gasteiger partial charge on any atom is 0.251 e. The van der Waals surface area contributed by atoms with E-state index in [1.807, 2.05) is 6.92 Å². The number of rotatable bonds is 11. The van der Waals surface area contributed by atoms with Gasteiger partial charge in [-0.25, -0.2) is 0 Å². The predicted molar refractivity (Wildman–Crippen MR) is 92.3 cm³/mol. The largest absolute Gasteiger partial charge is 0.491 e. The zero-order chi connectivity index (χ0) is 16.2. The monoisotopic (exact) mass is 306 g/mol. The number of carbonyl (C=O) groups excluding carboxylic acids is 1. The average Bonchev–Trinajstić information content (AvgIpc) is 2.51. The highest BCUT2D eigenvalue weighted by Gasteiger charge is 2.08. The molecule has 0 saturated carbocycles. The third-order valence-corrected chi connectivity index (χ3v) is 3.62. The minimum atomic E-state index is -0.0942. The Labute approximate surface area is 134 Å². The van der Waals surface area contributed by atoms with E-state index >= 15 is 0 Å². The summed E-state index contributed by atoms with van der Waals surface area (Å²) in [6, 6.07) is 5.17. The lowest BCUT2D eigenvalue weighted by Gasteiger charge is -2.11. The van der Waals surface area contributed by atoms with Crippen molar-refractivity contribution in [2.45, 2.75) is 58.8 Å². The lowest BCUT2D eigenvalue weighted by Crippen LogP contribution is -2.22. The SMILES string of the molecule is CCCCCCCCCOc1cc(C(=O)NCC)ccc1N. The van der Waals surface area contributed by atoms with Crippen LogP contribution in [0.1, 0.15) is 69.2 Å². The first-order valence-electron chi connectivity index (χ1n) is 8.49. The van der Waals surface area contributed by atoms with Crippen LogP contribution in [0.3, 0.4) is 0 Å². The maximum absolute atomic E-state index is 11.8. The lowest BCUT2D eigenvalue weighted by molar-refractivity contribution is 0.0955. The second-order valence-electron chi connectivity index (χ2n) is 5.58. The minimum Gasteiger partial charge on any atom is -0.491 e. The van der Waals surface area contributed by atoms with Crippen LogP contribution in [0.15, 0.2) is 18.2 Å². The molecular weight excluding hydrogens is 276 g/mol. The number of ether oxygens (including phenoxy) is 1. The molecule has 22 heavy (non-hydrogen) atoms. The Morgan fingerprint density at radius 1 is 1.09 bits per heavy atom. The maximum atomic E-state index is 11.8. The molecule has 0 aliphatic rings. The van der Waals surface area contributed by atoms with E-state index in [0.717, 1.165) is 6.42 Å². The zero-order valence-electron chi connectivity index (χ0n) is 14.0. The Morgan fingerprint density at radius 3 is 2.45 bits per heavy atom. The van der Waals surface area contributed by atoms with Crippen LogP contribution in [0, 0.1) is 0 Å². The van der Waals surface area contributed by atoms with E-state index in [-0.39, 0.29) is 5.91 Å². The standard InChI is InChI=1S/C18H30N2O2/c1-3-5-6-7-8-9-10-13-22-17-14-15(11-12-16(17)19)18(21)20-4-2/h11-12,14H,3-10,13,19H2,1-2H3,(H,20,21). The lowest BCUT2D eigenvalue weighted by atomic mass is 10.1. The molecule has 1 rings (SSSR count). The van der Waals surface area contributed by atoms with Crippen LogP contribution >= 0.6 is 0 Å². The van der Waals surface area contributed by atoms with Crippen LogP contribution in [0.4, 0.5) is 5.69 Å². The number of nitrogens with two attached hydrogens (primary N) is 1. The quantitative estimate of drug-likeness (QED) is 0.477. The van der Waals surface area contributed by atoms with Crippen molar-refractivity contribution in [2.75, 3.05) is 18.9 Å². The fourth-order valence-electron chi connectivity index (χ4n) is 2.30. The average molecular weight is 306 g/mol. The molecule has 0 aliphatic heterocycles. The van der Waals surface area contributed by atoms with Crippen LogP contribution in [-0.4, -0.2) is 19.1 Å². The number of anilines is 1. The molecule has 3 N–H and O–H groups in total. The molecule has 0 unspecified atom stereocenters. The van der Waals surface area contributed by atoms with Gasteiger partial charge >= 0.3 is 0 Å². The molecule has 4 nitrogen and oxygen atoms in total. The van der Waals surface area contributed by atoms with Gasteiger partial charge in [0.1, 0.15) is 5.75 Å². The molecule has 1 aromatic carbocycles. The van der Waals surface area contributed by atoms with Crippen molar-refractivity contribution in [1.29, 1.82) is 0 Å². The summed E-state index contributed by atoms with van der Waals surface area (Å²) in [4.78, 5) is 11.8. The van der Waals surface area contributed by atoms with Crippen molar-refractivity contribution >= 4 is 11.6 Å². The number of hydrogen-bond donors (Lipinski definition) is 2. The van der Waals surface area contributed by atoms with Gasteiger partial charge in [0.15, 0.2) is 0 Å². The van der Waals surface area contributed by atoms with E-state index in [2.05, 4.69) is 12.2 Å². The Kier molecular flexibility index (Phi) is 9.12. The molecule has 0 heterocycles. The second-order valence-corrected chi connectivity index (χ2v) is 5.58. The summed E-state index contributed by atoms with van der Waals surface area (Å²) < 4.78 is 5.73. The van der Waals surface area contributed by atoms with Gasteiger partial charge in [0, 0.05) is 12.1 Å². The molecule has 0 aliphatic carbocycles. The molecule has 0 saturated heterocycles. The molecule has 0 aromatic heterocycles. The molecule has 1 aromatic rings. The van der Waals surface area contributed by atoms with Crippen molar-refractivity contribution in [3.63, 3.8) is 0 Å². The first-order valence-corrected chi connectivity index (χ1v) is 8.49. The fourth-order valence-corrected chi connectivity index (χ4v) is 2.30. The molecule has 0 atom stereocenters. The Hall–Kier alpha value is -1.71. The van der Waals surface area contributed by atoms with E-state index < -0.39 is 0 Å². The zero-order valence-corrected chi connectivity index (χ0v) is 14.0. The van der Waals surface area contributed by atoms with Crippen LogP contribution in [-0.2, 0) is 0 Å². The smallest absolute Gasteiger partial charge is 0.251 e. The molecule has 0 spiro atoms. The first-order chi connectivity index (χ1) is 10.7. The van der Waals surface area contributed by atoms with Crippen molar-refractivity contribution in [1.82, 2.24) is 5.32 Å². The van der Waals surface area contributed by atoms with E-state index in [1.54, 1.807) is 18.2 Å². The fraction of sp³-hybridized carbons (Fsp3) is 0.611. The van der Waals surface area contributed by atoms with Gasteiger partial charge in [-0.1, -0.05) is 45.4 Å². The van der Waals surface area contributed by atoms with Crippen molar-refractivity contribution in [3.05, 3.63) is 23.8 Å². The third kappa shape index (κ3) is 6.83. The van der Waals surface area contributed by atoms with Gasteiger partial charge in [-0.15, -0.1) is 0 Å². The van der Waals surface area contributed by atoms with E-state index in [4.69, 9.17) is 10.5 Å². The van der Waals surface area contributed by atoms with Gasteiger partial charge in [-0.05, 0) is 31.5 Å².